The molecule has 2 aliphatic heterocycles. The third kappa shape index (κ3) is 2.12. The van der Waals surface area contributed by atoms with E-state index in [9.17, 15) is 0 Å². The molecule has 0 aromatic carbocycles. The molecule has 2 aliphatic rings. The van der Waals surface area contributed by atoms with Crippen molar-refractivity contribution in [1.82, 2.24) is 5.32 Å². The van der Waals surface area contributed by atoms with Crippen LogP contribution in [0.5, 0.6) is 0 Å². The third-order valence-electron chi connectivity index (χ3n) is 3.62. The molecule has 3 nitrogen and oxygen atoms in total. The molecule has 84 valence electrons. The summed E-state index contributed by atoms with van der Waals surface area (Å²) in [5.41, 5.74) is 0.954. The molecule has 2 heterocycles. The lowest BCUT2D eigenvalue weighted by Crippen LogP contribution is -2.41. The normalized spacial score (nSPS) is 31.5. The number of rotatable bonds is 1. The summed E-state index contributed by atoms with van der Waals surface area (Å²) in [4.78, 5) is 0. The Labute approximate surface area is 92.4 Å². The minimum Gasteiger partial charge on any atom is -0.400 e. The Morgan fingerprint density at radius 3 is 2.27 bits per heavy atom. The van der Waals surface area contributed by atoms with Gasteiger partial charge in [0.05, 0.1) is 11.2 Å². The van der Waals surface area contributed by atoms with E-state index in [2.05, 4.69) is 39.0 Å². The van der Waals surface area contributed by atoms with Gasteiger partial charge in [-0.25, -0.2) is 0 Å². The average molecular weight is 209 g/mol. The van der Waals surface area contributed by atoms with Crippen molar-refractivity contribution in [2.75, 3.05) is 13.1 Å². The minimum atomic E-state index is -0.221. The third-order valence-corrected chi connectivity index (χ3v) is 3.62. The van der Waals surface area contributed by atoms with Crippen LogP contribution in [0, 0.1) is 0 Å². The summed E-state index contributed by atoms with van der Waals surface area (Å²) in [6.07, 6.45) is 1.12. The Morgan fingerprint density at radius 2 is 1.80 bits per heavy atom. The smallest absolute Gasteiger partial charge is 0.400 e. The van der Waals surface area contributed by atoms with E-state index < -0.39 is 0 Å². The summed E-state index contributed by atoms with van der Waals surface area (Å²) in [5.74, 6) is 2.12. The lowest BCUT2D eigenvalue weighted by Gasteiger charge is -2.32. The molecule has 1 N–H and O–H groups in total. The van der Waals surface area contributed by atoms with Gasteiger partial charge in [0.1, 0.15) is 0 Å². The molecule has 0 amide bonds. The number of nitrogens with one attached hydrogen (secondary N) is 1. The van der Waals surface area contributed by atoms with Crippen LogP contribution in [0.25, 0.3) is 0 Å². The quantitative estimate of drug-likeness (QED) is 0.664. The Balaban J connectivity index is 2.06. The van der Waals surface area contributed by atoms with Crippen molar-refractivity contribution in [3.63, 3.8) is 0 Å². The average Bonchev–Trinajstić information content (AvgIpc) is 2.59. The van der Waals surface area contributed by atoms with Gasteiger partial charge >= 0.3 is 7.12 Å². The van der Waals surface area contributed by atoms with Gasteiger partial charge in [0, 0.05) is 6.54 Å². The molecule has 0 aromatic heterocycles. The second-order valence-electron chi connectivity index (χ2n) is 5.38. The predicted molar refractivity (Wildman–Crippen MR) is 61.7 cm³/mol. The first-order valence-corrected chi connectivity index (χ1v) is 5.67. The van der Waals surface area contributed by atoms with Crippen LogP contribution in [-0.4, -0.2) is 31.4 Å². The highest BCUT2D eigenvalue weighted by Gasteiger charge is 2.50. The van der Waals surface area contributed by atoms with E-state index in [0.717, 1.165) is 19.5 Å². The molecule has 0 radical (unpaired) electrons. The van der Waals surface area contributed by atoms with E-state index in [4.69, 9.17) is 9.31 Å². The molecule has 4 heteroatoms. The van der Waals surface area contributed by atoms with Crippen molar-refractivity contribution in [3.8, 4) is 0 Å². The fraction of sp³-hybridized carbons (Fsp3) is 0.818. The monoisotopic (exact) mass is 209 g/mol. The summed E-state index contributed by atoms with van der Waals surface area (Å²) < 4.78 is 11.8. The van der Waals surface area contributed by atoms with Crippen LogP contribution < -0.4 is 5.32 Å². The highest BCUT2D eigenvalue weighted by Crippen LogP contribution is 2.37. The maximum atomic E-state index is 5.90. The van der Waals surface area contributed by atoms with Crippen LogP contribution in [0.4, 0.5) is 0 Å². The molecule has 0 unspecified atom stereocenters. The van der Waals surface area contributed by atoms with Crippen LogP contribution in [0.2, 0.25) is 0 Å². The molecule has 0 spiro atoms. The zero-order chi connectivity index (χ0) is 11.1. The molecule has 0 aliphatic carbocycles. The fourth-order valence-corrected chi connectivity index (χ4v) is 1.88. The Bertz CT molecular complexity index is 262. The van der Waals surface area contributed by atoms with Gasteiger partial charge in [-0.05, 0) is 40.7 Å². The van der Waals surface area contributed by atoms with Crippen molar-refractivity contribution in [2.24, 2.45) is 0 Å². The molecule has 0 aromatic rings. The van der Waals surface area contributed by atoms with Crippen molar-refractivity contribution in [1.29, 1.82) is 0 Å². The zero-order valence-corrected chi connectivity index (χ0v) is 10.1. The van der Waals surface area contributed by atoms with Crippen LogP contribution >= 0.6 is 0 Å². The molecule has 0 bridgehead atoms. The second-order valence-corrected chi connectivity index (χ2v) is 5.38. The van der Waals surface area contributed by atoms with Crippen LogP contribution in [-0.2, 0) is 9.31 Å². The largest absolute Gasteiger partial charge is 0.487 e. The first-order chi connectivity index (χ1) is 6.91. The molecule has 2 fully saturated rings. The maximum Gasteiger partial charge on any atom is 0.487 e. The number of hydrogen-bond acceptors (Lipinski definition) is 3. The molecule has 2 saturated heterocycles. The summed E-state index contributed by atoms with van der Waals surface area (Å²) in [6, 6.07) is 0. The van der Waals surface area contributed by atoms with E-state index in [0.29, 0.717) is 0 Å². The summed E-state index contributed by atoms with van der Waals surface area (Å²) >= 11 is 0. The first-order valence-electron chi connectivity index (χ1n) is 5.67. The van der Waals surface area contributed by atoms with Crippen molar-refractivity contribution in [3.05, 3.63) is 11.5 Å². The van der Waals surface area contributed by atoms with E-state index in [1.165, 1.54) is 5.57 Å². The van der Waals surface area contributed by atoms with Gasteiger partial charge in [0.2, 0.25) is 0 Å². The Hall–Kier alpha value is -0.315. The van der Waals surface area contributed by atoms with Crippen LogP contribution in [0.1, 0.15) is 34.1 Å². The van der Waals surface area contributed by atoms with Gasteiger partial charge < -0.3 is 14.6 Å². The Kier molecular flexibility index (Phi) is 2.69. The van der Waals surface area contributed by atoms with Gasteiger partial charge in [0.15, 0.2) is 0 Å². The minimum absolute atomic E-state index is 0.176. The van der Waals surface area contributed by atoms with Gasteiger partial charge in [-0.3, -0.25) is 0 Å². The highest BCUT2D eigenvalue weighted by atomic mass is 16.7. The SMILES string of the molecule is CC1(C)OB(/C=C2\CCNC2)OC1(C)C. The lowest BCUT2D eigenvalue weighted by molar-refractivity contribution is 0.00578. The summed E-state index contributed by atoms with van der Waals surface area (Å²) in [5, 5.41) is 3.31. The van der Waals surface area contributed by atoms with Gasteiger partial charge in [-0.15, -0.1) is 0 Å². The van der Waals surface area contributed by atoms with Crippen molar-refractivity contribution < 1.29 is 9.31 Å². The van der Waals surface area contributed by atoms with E-state index in [1.54, 1.807) is 0 Å². The fourth-order valence-electron chi connectivity index (χ4n) is 1.88. The van der Waals surface area contributed by atoms with Crippen molar-refractivity contribution in [2.45, 2.75) is 45.3 Å². The predicted octanol–water partition coefficient (Wildman–Crippen LogP) is 1.54. The van der Waals surface area contributed by atoms with Crippen LogP contribution in [0.3, 0.4) is 0 Å². The van der Waals surface area contributed by atoms with E-state index in [-0.39, 0.29) is 18.3 Å². The second kappa shape index (κ2) is 3.61. The molecular weight excluding hydrogens is 189 g/mol. The molecule has 0 saturated carbocycles. The van der Waals surface area contributed by atoms with Crippen LogP contribution in [0.15, 0.2) is 11.5 Å². The Morgan fingerprint density at radius 1 is 1.20 bits per heavy atom. The molecule has 15 heavy (non-hydrogen) atoms. The van der Waals surface area contributed by atoms with E-state index >= 15 is 0 Å². The zero-order valence-electron chi connectivity index (χ0n) is 10.1. The van der Waals surface area contributed by atoms with Gasteiger partial charge in [-0.2, -0.15) is 0 Å². The van der Waals surface area contributed by atoms with Crippen molar-refractivity contribution >= 4 is 7.12 Å². The molecule has 0 atom stereocenters. The standard InChI is InChI=1S/C11H20BNO2/c1-10(2)11(3,4)15-12(14-10)7-9-5-6-13-8-9/h7,13H,5-6,8H2,1-4H3/b9-7+. The number of hydrogen-bond donors (Lipinski definition) is 1. The van der Waals surface area contributed by atoms with Gasteiger partial charge in [0.25, 0.3) is 0 Å². The lowest BCUT2D eigenvalue weighted by atomic mass is 9.87. The maximum absolute atomic E-state index is 5.90. The van der Waals surface area contributed by atoms with Gasteiger partial charge in [-0.1, -0.05) is 11.5 Å². The highest BCUT2D eigenvalue weighted by molar-refractivity contribution is 6.51. The first kappa shape index (κ1) is 11.2. The molecular formula is C11H20BNO2. The summed E-state index contributed by atoms with van der Waals surface area (Å²) in [6.45, 7) is 10.4. The topological polar surface area (TPSA) is 30.5 Å². The van der Waals surface area contributed by atoms with E-state index in [1.807, 2.05) is 0 Å². The summed E-state index contributed by atoms with van der Waals surface area (Å²) in [7, 11) is -0.176. The molecule has 2 rings (SSSR count).